The summed E-state index contributed by atoms with van der Waals surface area (Å²) in [6.45, 7) is 0. The lowest BCUT2D eigenvalue weighted by molar-refractivity contribution is -0.305. The largest absolute Gasteiger partial charge is 0.550 e. The molecule has 0 unspecified atom stereocenters. The molecule has 7 heteroatoms. The fourth-order valence-electron chi connectivity index (χ4n) is 1.51. The second-order valence-electron chi connectivity index (χ2n) is 3.96. The zero-order valence-electron chi connectivity index (χ0n) is 10.9. The van der Waals surface area contributed by atoms with Gasteiger partial charge in [0.05, 0.1) is 13.5 Å². The topological polar surface area (TPSA) is 88.3 Å². The highest BCUT2D eigenvalue weighted by atomic mass is 32.2. The molecule has 1 heterocycles. The van der Waals surface area contributed by atoms with Crippen LogP contribution in [-0.2, 0) is 11.2 Å². The van der Waals surface area contributed by atoms with Gasteiger partial charge in [-0.25, -0.2) is 0 Å². The number of ether oxygens (including phenoxy) is 1. The van der Waals surface area contributed by atoms with Crippen LogP contribution in [0.3, 0.4) is 0 Å². The zero-order valence-corrected chi connectivity index (χ0v) is 11.7. The van der Waals surface area contributed by atoms with Crippen molar-refractivity contribution < 1.29 is 19.1 Å². The monoisotopic (exact) mass is 293 g/mol. The molecule has 0 N–H and O–H groups in total. The maximum atomic E-state index is 10.3. The van der Waals surface area contributed by atoms with Gasteiger partial charge in [-0.1, -0.05) is 23.9 Å². The normalized spacial score (nSPS) is 10.4. The lowest BCUT2D eigenvalue weighted by Crippen LogP contribution is -2.22. The van der Waals surface area contributed by atoms with Crippen LogP contribution in [0.1, 0.15) is 17.9 Å². The third-order valence-corrected chi connectivity index (χ3v) is 3.31. The van der Waals surface area contributed by atoms with E-state index in [0.717, 1.165) is 11.3 Å². The molecule has 2 aromatic rings. The first-order valence-corrected chi connectivity index (χ1v) is 6.94. The van der Waals surface area contributed by atoms with Crippen molar-refractivity contribution in [3.8, 4) is 5.75 Å². The van der Waals surface area contributed by atoms with E-state index in [1.165, 1.54) is 11.8 Å². The number of aliphatic carboxylic acids is 1. The number of hydrogen-bond donors (Lipinski definition) is 0. The highest BCUT2D eigenvalue weighted by molar-refractivity contribution is 7.99. The van der Waals surface area contributed by atoms with E-state index < -0.39 is 5.97 Å². The fourth-order valence-corrected chi connectivity index (χ4v) is 2.20. The molecule has 0 saturated heterocycles. The molecular formula is C13H13N2O4S-. The van der Waals surface area contributed by atoms with Gasteiger partial charge in [0.25, 0.3) is 5.22 Å². The summed E-state index contributed by atoms with van der Waals surface area (Å²) in [5.41, 5.74) is 1.03. The van der Waals surface area contributed by atoms with Gasteiger partial charge in [0.15, 0.2) is 0 Å². The number of carboxylic acid groups (broad SMARTS) is 1. The maximum Gasteiger partial charge on any atom is 0.276 e. The summed E-state index contributed by atoms with van der Waals surface area (Å²) in [6, 6.07) is 7.57. The van der Waals surface area contributed by atoms with E-state index in [9.17, 15) is 9.90 Å². The molecular weight excluding hydrogens is 280 g/mol. The second kappa shape index (κ2) is 6.95. The Morgan fingerprint density at radius 2 is 2.10 bits per heavy atom. The first-order valence-electron chi connectivity index (χ1n) is 5.95. The van der Waals surface area contributed by atoms with Crippen molar-refractivity contribution in [2.75, 3.05) is 12.9 Å². The SMILES string of the molecule is COc1ccc(Cc2nnc(SCCC(=O)[O-])o2)cc1. The Hall–Kier alpha value is -2.02. The van der Waals surface area contributed by atoms with Crippen LogP contribution < -0.4 is 9.84 Å². The summed E-state index contributed by atoms with van der Waals surface area (Å²) in [5, 5.41) is 18.4. The van der Waals surface area contributed by atoms with Gasteiger partial charge in [-0.3, -0.25) is 0 Å². The molecule has 0 bridgehead atoms. The van der Waals surface area contributed by atoms with Gasteiger partial charge < -0.3 is 19.1 Å². The third kappa shape index (κ3) is 4.27. The minimum atomic E-state index is -1.09. The smallest absolute Gasteiger partial charge is 0.276 e. The van der Waals surface area contributed by atoms with Crippen molar-refractivity contribution in [2.45, 2.75) is 18.1 Å². The Morgan fingerprint density at radius 1 is 1.35 bits per heavy atom. The molecule has 1 aromatic heterocycles. The van der Waals surface area contributed by atoms with E-state index >= 15 is 0 Å². The molecule has 0 aliphatic rings. The predicted molar refractivity (Wildman–Crippen MR) is 70.4 cm³/mol. The average molecular weight is 293 g/mol. The van der Waals surface area contributed by atoms with Crippen molar-refractivity contribution >= 4 is 17.7 Å². The molecule has 0 saturated carbocycles. The molecule has 2 rings (SSSR count). The highest BCUT2D eigenvalue weighted by Crippen LogP contribution is 2.19. The lowest BCUT2D eigenvalue weighted by Gasteiger charge is -2.00. The van der Waals surface area contributed by atoms with Gasteiger partial charge in [0.2, 0.25) is 5.89 Å². The minimum absolute atomic E-state index is 0.0408. The Kier molecular flexibility index (Phi) is 5.00. The number of benzene rings is 1. The Balaban J connectivity index is 1.89. The van der Waals surface area contributed by atoms with Crippen molar-refractivity contribution in [1.82, 2.24) is 10.2 Å². The second-order valence-corrected chi connectivity index (χ2v) is 5.00. The number of hydrogen-bond acceptors (Lipinski definition) is 7. The Bertz CT molecular complexity index is 568. The summed E-state index contributed by atoms with van der Waals surface area (Å²) in [6.07, 6.45) is 0.485. The quantitative estimate of drug-likeness (QED) is 0.701. The maximum absolute atomic E-state index is 10.3. The molecule has 0 fully saturated rings. The fraction of sp³-hybridized carbons (Fsp3) is 0.308. The number of carbonyl (C=O) groups is 1. The van der Waals surface area contributed by atoms with E-state index in [4.69, 9.17) is 9.15 Å². The van der Waals surface area contributed by atoms with Gasteiger partial charge in [-0.2, -0.15) is 0 Å². The predicted octanol–water partition coefficient (Wildman–Crippen LogP) is 0.901. The van der Waals surface area contributed by atoms with Crippen LogP contribution in [0.4, 0.5) is 0 Å². The van der Waals surface area contributed by atoms with E-state index in [1.54, 1.807) is 7.11 Å². The molecule has 0 aliphatic heterocycles. The van der Waals surface area contributed by atoms with Gasteiger partial charge >= 0.3 is 0 Å². The van der Waals surface area contributed by atoms with Crippen LogP contribution in [0.25, 0.3) is 0 Å². The number of thioether (sulfide) groups is 1. The molecule has 6 nitrogen and oxygen atoms in total. The van der Waals surface area contributed by atoms with Gasteiger partial charge in [-0.05, 0) is 24.1 Å². The summed E-state index contributed by atoms with van der Waals surface area (Å²) in [7, 11) is 1.61. The molecule has 0 radical (unpaired) electrons. The number of aromatic nitrogens is 2. The summed E-state index contributed by atoms with van der Waals surface area (Å²) in [4.78, 5) is 10.3. The molecule has 1 aromatic carbocycles. The highest BCUT2D eigenvalue weighted by Gasteiger charge is 2.07. The van der Waals surface area contributed by atoms with E-state index in [2.05, 4.69) is 10.2 Å². The van der Waals surface area contributed by atoms with Crippen LogP contribution in [0, 0.1) is 0 Å². The lowest BCUT2D eigenvalue weighted by atomic mass is 10.1. The number of rotatable bonds is 7. The number of methoxy groups -OCH3 is 1. The van der Waals surface area contributed by atoms with Gasteiger partial charge in [-0.15, -0.1) is 10.2 Å². The van der Waals surface area contributed by atoms with Crippen LogP contribution in [0.15, 0.2) is 33.9 Å². The minimum Gasteiger partial charge on any atom is -0.550 e. The van der Waals surface area contributed by atoms with E-state index in [-0.39, 0.29) is 6.42 Å². The van der Waals surface area contributed by atoms with Crippen LogP contribution >= 0.6 is 11.8 Å². The van der Waals surface area contributed by atoms with Gasteiger partial charge in [0, 0.05) is 11.7 Å². The molecule has 20 heavy (non-hydrogen) atoms. The summed E-state index contributed by atoms with van der Waals surface area (Å²) < 4.78 is 10.5. The van der Waals surface area contributed by atoms with E-state index in [0.29, 0.717) is 23.3 Å². The molecule has 0 spiro atoms. The van der Waals surface area contributed by atoms with Crippen molar-refractivity contribution in [2.24, 2.45) is 0 Å². The first kappa shape index (κ1) is 14.4. The molecule has 0 atom stereocenters. The van der Waals surface area contributed by atoms with E-state index in [1.807, 2.05) is 24.3 Å². The van der Waals surface area contributed by atoms with Crippen molar-refractivity contribution in [3.63, 3.8) is 0 Å². The number of carbonyl (C=O) groups excluding carboxylic acids is 1. The third-order valence-electron chi connectivity index (χ3n) is 2.49. The van der Waals surface area contributed by atoms with Crippen molar-refractivity contribution in [1.29, 1.82) is 0 Å². The van der Waals surface area contributed by atoms with Gasteiger partial charge in [0.1, 0.15) is 5.75 Å². The standard InChI is InChI=1S/C13H14N2O4S/c1-18-10-4-2-9(3-5-10)8-11-14-15-13(19-11)20-7-6-12(16)17/h2-5H,6-8H2,1H3,(H,16,17)/p-1. The molecule has 106 valence electrons. The number of nitrogens with zero attached hydrogens (tertiary/aromatic N) is 2. The zero-order chi connectivity index (χ0) is 14.4. The first-order chi connectivity index (χ1) is 9.67. The summed E-state index contributed by atoms with van der Waals surface area (Å²) >= 11 is 1.21. The average Bonchev–Trinajstić information content (AvgIpc) is 2.87. The Labute approximate surface area is 120 Å². The molecule has 0 amide bonds. The number of carboxylic acids is 1. The van der Waals surface area contributed by atoms with Crippen LogP contribution in [0.5, 0.6) is 5.75 Å². The van der Waals surface area contributed by atoms with Crippen LogP contribution in [-0.4, -0.2) is 29.0 Å². The summed E-state index contributed by atoms with van der Waals surface area (Å²) in [5.74, 6) is 0.548. The van der Waals surface area contributed by atoms with Crippen LogP contribution in [0.2, 0.25) is 0 Å². The molecule has 0 aliphatic carbocycles. The van der Waals surface area contributed by atoms with Crippen molar-refractivity contribution in [3.05, 3.63) is 35.7 Å². The Morgan fingerprint density at radius 3 is 2.75 bits per heavy atom.